The van der Waals surface area contributed by atoms with Crippen LogP contribution in [0.2, 0.25) is 0 Å². The van der Waals surface area contributed by atoms with Crippen LogP contribution in [0, 0.1) is 22.2 Å². The summed E-state index contributed by atoms with van der Waals surface area (Å²) in [7, 11) is 0. The van der Waals surface area contributed by atoms with Gasteiger partial charge in [0.2, 0.25) is 0 Å². The molecule has 0 atom stereocenters. The first-order valence-corrected chi connectivity index (χ1v) is 2.33. The maximum Gasteiger partial charge on any atom is 0.285 e. The Kier molecular flexibility index (Phi) is 1.44. The van der Waals surface area contributed by atoms with Gasteiger partial charge in [-0.2, -0.15) is 0 Å². The van der Waals surface area contributed by atoms with Crippen LogP contribution in [-0.4, -0.2) is 4.92 Å². The van der Waals surface area contributed by atoms with Gasteiger partial charge in [-0.3, -0.25) is 10.1 Å². The Morgan fingerprint density at radius 3 is 2.33 bits per heavy atom. The second-order valence-electron chi connectivity index (χ2n) is 1.42. The van der Waals surface area contributed by atoms with Crippen molar-refractivity contribution in [2.24, 2.45) is 0 Å². The van der Waals surface area contributed by atoms with E-state index in [9.17, 15) is 10.1 Å². The monoisotopic (exact) mass is 121 g/mol. The zero-order valence-electron chi connectivity index (χ0n) is 4.50. The number of benzene rings is 1. The number of hydrogen-bond acceptors (Lipinski definition) is 2. The summed E-state index contributed by atoms with van der Waals surface area (Å²) in [6.45, 7) is 0. The fourth-order valence-corrected chi connectivity index (χ4v) is 0.449. The number of non-ortho nitro benzene ring substituents is 1. The third-order valence-electron chi connectivity index (χ3n) is 0.815. The van der Waals surface area contributed by atoms with E-state index in [1.54, 1.807) is 6.07 Å². The van der Waals surface area contributed by atoms with Crippen molar-refractivity contribution >= 4 is 5.69 Å². The van der Waals surface area contributed by atoms with Crippen LogP contribution in [-0.2, 0) is 0 Å². The molecule has 0 N–H and O–H groups in total. The van der Waals surface area contributed by atoms with Gasteiger partial charge in [0.05, 0.1) is 17.1 Å². The van der Waals surface area contributed by atoms with Gasteiger partial charge >= 0.3 is 0 Å². The Balaban J connectivity index is 2.98. The Morgan fingerprint density at radius 2 is 2.00 bits per heavy atom. The molecule has 1 aromatic carbocycles. The maximum absolute atomic E-state index is 9.94. The van der Waals surface area contributed by atoms with Crippen molar-refractivity contribution in [2.75, 3.05) is 0 Å². The first kappa shape index (κ1) is 5.75. The van der Waals surface area contributed by atoms with Gasteiger partial charge in [-0.1, -0.05) is 6.07 Å². The van der Waals surface area contributed by atoms with E-state index in [1.165, 1.54) is 12.1 Å². The van der Waals surface area contributed by atoms with Gasteiger partial charge in [0.25, 0.3) is 5.69 Å². The highest BCUT2D eigenvalue weighted by molar-refractivity contribution is 5.24. The minimum Gasteiger partial charge on any atom is -0.258 e. The quantitative estimate of drug-likeness (QED) is 0.413. The molecule has 44 valence electrons. The molecular formula is C6H3NO2. The normalized spacial score (nSPS) is 8.89. The first-order chi connectivity index (χ1) is 4.30. The highest BCUT2D eigenvalue weighted by Crippen LogP contribution is 2.04. The largest absolute Gasteiger partial charge is 0.285 e. The van der Waals surface area contributed by atoms with E-state index in [1.807, 2.05) is 0 Å². The second-order valence-corrected chi connectivity index (χ2v) is 1.42. The maximum atomic E-state index is 9.94. The van der Waals surface area contributed by atoms with E-state index >= 15 is 0 Å². The number of para-hydroxylation sites is 1. The molecule has 0 aliphatic heterocycles. The molecular weight excluding hydrogens is 118 g/mol. The van der Waals surface area contributed by atoms with Gasteiger partial charge in [-0.05, 0) is 12.1 Å². The van der Waals surface area contributed by atoms with Gasteiger partial charge < -0.3 is 0 Å². The van der Waals surface area contributed by atoms with Crippen molar-refractivity contribution in [2.45, 2.75) is 0 Å². The zero-order chi connectivity index (χ0) is 6.69. The van der Waals surface area contributed by atoms with E-state index in [0.29, 0.717) is 0 Å². The Bertz CT molecular complexity index is 208. The van der Waals surface area contributed by atoms with Crippen molar-refractivity contribution in [3.05, 3.63) is 40.4 Å². The van der Waals surface area contributed by atoms with E-state index in [2.05, 4.69) is 12.1 Å². The number of hydrogen-bond donors (Lipinski definition) is 0. The number of nitro groups is 1. The van der Waals surface area contributed by atoms with Crippen molar-refractivity contribution < 1.29 is 4.92 Å². The van der Waals surface area contributed by atoms with Crippen molar-refractivity contribution in [1.82, 2.24) is 0 Å². The molecule has 0 saturated carbocycles. The van der Waals surface area contributed by atoms with E-state index in [0.717, 1.165) is 0 Å². The molecule has 0 unspecified atom stereocenters. The van der Waals surface area contributed by atoms with E-state index < -0.39 is 4.92 Å². The number of nitrogens with zero attached hydrogens (tertiary/aromatic N) is 1. The topological polar surface area (TPSA) is 43.1 Å². The minimum absolute atomic E-state index is 0.113. The Hall–Kier alpha value is -1.38. The van der Waals surface area contributed by atoms with Gasteiger partial charge in [-0.15, -0.1) is 0 Å². The van der Waals surface area contributed by atoms with Crippen molar-refractivity contribution in [3.63, 3.8) is 0 Å². The summed E-state index contributed by atoms with van der Waals surface area (Å²) in [4.78, 5) is 9.42. The lowest BCUT2D eigenvalue weighted by molar-refractivity contribution is -0.385. The molecule has 0 aliphatic rings. The molecule has 1 rings (SSSR count). The van der Waals surface area contributed by atoms with Crippen LogP contribution in [0.3, 0.4) is 0 Å². The van der Waals surface area contributed by atoms with Gasteiger partial charge in [0.1, 0.15) is 0 Å². The van der Waals surface area contributed by atoms with E-state index in [4.69, 9.17) is 0 Å². The lowest BCUT2D eigenvalue weighted by atomic mass is 10.3. The summed E-state index contributed by atoms with van der Waals surface area (Å²) in [5.41, 5.74) is -0.113. The summed E-state index contributed by atoms with van der Waals surface area (Å²) >= 11 is 0. The first-order valence-electron chi connectivity index (χ1n) is 2.33. The minimum atomic E-state index is -0.528. The average molecular weight is 121 g/mol. The van der Waals surface area contributed by atoms with Crippen LogP contribution in [0.25, 0.3) is 0 Å². The fourth-order valence-electron chi connectivity index (χ4n) is 0.449. The standard InChI is InChI=1S/C6H3NO2/c8-7(9)6-4-2-1-3-5-6/h1-3H. The lowest BCUT2D eigenvalue weighted by Crippen LogP contribution is -1.85. The third kappa shape index (κ3) is 1.25. The molecule has 0 heterocycles. The van der Waals surface area contributed by atoms with Crippen LogP contribution in [0.4, 0.5) is 5.69 Å². The highest BCUT2D eigenvalue weighted by Gasteiger charge is 2.00. The molecule has 3 nitrogen and oxygen atoms in total. The lowest BCUT2D eigenvalue weighted by Gasteiger charge is -1.83. The smallest absolute Gasteiger partial charge is 0.258 e. The summed E-state index contributed by atoms with van der Waals surface area (Å²) in [5.74, 6) is 0. The third-order valence-corrected chi connectivity index (χ3v) is 0.815. The van der Waals surface area contributed by atoms with Gasteiger partial charge in [0, 0.05) is 0 Å². The predicted molar refractivity (Wildman–Crippen MR) is 30.8 cm³/mol. The molecule has 0 spiro atoms. The highest BCUT2D eigenvalue weighted by atomic mass is 16.6. The van der Waals surface area contributed by atoms with Crippen LogP contribution in [0.1, 0.15) is 0 Å². The summed E-state index contributed by atoms with van der Waals surface area (Å²) in [6, 6.07) is 9.42. The molecule has 2 radical (unpaired) electrons. The zero-order valence-corrected chi connectivity index (χ0v) is 4.50. The Labute approximate surface area is 52.1 Å². The van der Waals surface area contributed by atoms with Crippen LogP contribution >= 0.6 is 0 Å². The van der Waals surface area contributed by atoms with Crippen molar-refractivity contribution in [3.8, 4) is 0 Å². The Morgan fingerprint density at radius 1 is 1.44 bits per heavy atom. The number of rotatable bonds is 1. The SMILES string of the molecule is O=[N+]([O-])c1[c]ccc[c]1. The van der Waals surface area contributed by atoms with Crippen molar-refractivity contribution in [1.29, 1.82) is 0 Å². The molecule has 0 saturated heterocycles. The molecule has 0 aromatic heterocycles. The van der Waals surface area contributed by atoms with Crippen LogP contribution in [0.15, 0.2) is 18.2 Å². The van der Waals surface area contributed by atoms with Gasteiger partial charge in [0.15, 0.2) is 0 Å². The number of nitro benzene ring substituents is 1. The molecule has 0 fully saturated rings. The molecule has 0 amide bonds. The summed E-state index contributed by atoms with van der Waals surface area (Å²) in [5, 5.41) is 9.94. The second kappa shape index (κ2) is 2.26. The molecule has 9 heavy (non-hydrogen) atoms. The van der Waals surface area contributed by atoms with Crippen LogP contribution in [0.5, 0.6) is 0 Å². The summed E-state index contributed by atoms with van der Waals surface area (Å²) in [6.07, 6.45) is 0. The van der Waals surface area contributed by atoms with E-state index in [-0.39, 0.29) is 5.69 Å². The molecule has 1 aromatic rings. The van der Waals surface area contributed by atoms with Crippen LogP contribution < -0.4 is 0 Å². The molecule has 0 aliphatic carbocycles. The average Bonchev–Trinajstić information content (AvgIpc) is 1.90. The molecule has 0 bridgehead atoms. The predicted octanol–water partition coefficient (Wildman–Crippen LogP) is 1.20. The fraction of sp³-hybridized carbons (Fsp3) is 0. The molecule has 3 heteroatoms. The van der Waals surface area contributed by atoms with Gasteiger partial charge in [-0.25, -0.2) is 0 Å². The summed E-state index contributed by atoms with van der Waals surface area (Å²) < 4.78 is 0.